The van der Waals surface area contributed by atoms with E-state index >= 15 is 0 Å². The number of benzene rings is 1. The number of rotatable bonds is 4. The van der Waals surface area contributed by atoms with Gasteiger partial charge >= 0.3 is 12.1 Å². The third kappa shape index (κ3) is 3.42. The first kappa shape index (κ1) is 14.9. The fraction of sp³-hybridized carbons (Fsp3) is 0.267. The van der Waals surface area contributed by atoms with Crippen LogP contribution in [0.15, 0.2) is 36.7 Å². The summed E-state index contributed by atoms with van der Waals surface area (Å²) in [7, 11) is 0. The largest absolute Gasteiger partial charge is 0.447 e. The first-order chi connectivity index (χ1) is 11.1. The molecule has 2 heterocycles. The molecule has 23 heavy (non-hydrogen) atoms. The molecule has 1 aromatic heterocycles. The monoisotopic (exact) mass is 315 g/mol. The van der Waals surface area contributed by atoms with Crippen molar-refractivity contribution in [2.24, 2.45) is 0 Å². The van der Waals surface area contributed by atoms with Gasteiger partial charge in [-0.1, -0.05) is 12.1 Å². The second kappa shape index (κ2) is 6.39. The van der Waals surface area contributed by atoms with Gasteiger partial charge in [0.15, 0.2) is 0 Å². The van der Waals surface area contributed by atoms with E-state index in [0.717, 1.165) is 11.3 Å². The number of nitrogens with one attached hydrogen (secondary N) is 3. The number of ether oxygens (including phenoxy) is 1. The Morgan fingerprint density at radius 1 is 1.39 bits per heavy atom. The highest BCUT2D eigenvalue weighted by atomic mass is 16.6. The van der Waals surface area contributed by atoms with Gasteiger partial charge in [-0.05, 0) is 24.6 Å². The Morgan fingerprint density at radius 2 is 2.17 bits per heavy atom. The average Bonchev–Trinajstić information content (AvgIpc) is 3.19. The molecule has 3 amide bonds. The zero-order chi connectivity index (χ0) is 16.2. The number of hydrogen-bond acceptors (Lipinski definition) is 4. The molecule has 8 nitrogen and oxygen atoms in total. The normalized spacial score (nSPS) is 15.2. The lowest BCUT2D eigenvalue weighted by molar-refractivity contribution is 0.181. The number of aromatic nitrogens is 2. The highest BCUT2D eigenvalue weighted by Gasteiger charge is 2.23. The maximum atomic E-state index is 11.9. The highest BCUT2D eigenvalue weighted by molar-refractivity contribution is 5.90. The van der Waals surface area contributed by atoms with Crippen LogP contribution in [0.1, 0.15) is 18.5 Å². The molecule has 1 fully saturated rings. The minimum absolute atomic E-state index is 0.179. The summed E-state index contributed by atoms with van der Waals surface area (Å²) in [5.74, 6) is 0. The van der Waals surface area contributed by atoms with Gasteiger partial charge in [-0.15, -0.1) is 0 Å². The average molecular weight is 315 g/mol. The number of cyclic esters (lactones) is 1. The molecule has 3 rings (SSSR count). The summed E-state index contributed by atoms with van der Waals surface area (Å²) < 4.78 is 4.91. The lowest BCUT2D eigenvalue weighted by atomic mass is 10.1. The van der Waals surface area contributed by atoms with Crippen molar-refractivity contribution in [1.82, 2.24) is 15.5 Å². The molecule has 120 valence electrons. The molecular weight excluding hydrogens is 298 g/mol. The van der Waals surface area contributed by atoms with Crippen LogP contribution in [0.2, 0.25) is 0 Å². The first-order valence-corrected chi connectivity index (χ1v) is 7.24. The number of carbonyl (C=O) groups excluding carboxylic acids is 2. The van der Waals surface area contributed by atoms with Crippen molar-refractivity contribution >= 4 is 23.5 Å². The zero-order valence-electron chi connectivity index (χ0n) is 12.6. The summed E-state index contributed by atoms with van der Waals surface area (Å²) in [5.41, 5.74) is 2.31. The Bertz CT molecular complexity index is 684. The van der Waals surface area contributed by atoms with Crippen molar-refractivity contribution in [3.63, 3.8) is 0 Å². The van der Waals surface area contributed by atoms with Crippen LogP contribution in [0.5, 0.6) is 0 Å². The predicted octanol–water partition coefficient (Wildman–Crippen LogP) is 2.25. The second-order valence-corrected chi connectivity index (χ2v) is 5.16. The van der Waals surface area contributed by atoms with Crippen molar-refractivity contribution in [2.75, 3.05) is 23.4 Å². The molecule has 1 saturated heterocycles. The van der Waals surface area contributed by atoms with Crippen LogP contribution in [0.3, 0.4) is 0 Å². The van der Waals surface area contributed by atoms with Gasteiger partial charge in [-0.2, -0.15) is 5.10 Å². The summed E-state index contributed by atoms with van der Waals surface area (Å²) in [6, 6.07) is 6.95. The Hall–Kier alpha value is -3.03. The lowest BCUT2D eigenvalue weighted by Gasteiger charge is -2.17. The van der Waals surface area contributed by atoms with Crippen LogP contribution >= 0.6 is 0 Å². The van der Waals surface area contributed by atoms with E-state index in [0.29, 0.717) is 18.8 Å². The first-order valence-electron chi connectivity index (χ1n) is 7.24. The van der Waals surface area contributed by atoms with E-state index in [1.54, 1.807) is 11.1 Å². The smallest absolute Gasteiger partial charge is 0.414 e. The quantitative estimate of drug-likeness (QED) is 0.805. The minimum Gasteiger partial charge on any atom is -0.447 e. The molecule has 1 unspecified atom stereocenters. The molecule has 1 aliphatic rings. The van der Waals surface area contributed by atoms with Gasteiger partial charge in [-0.25, -0.2) is 9.59 Å². The van der Waals surface area contributed by atoms with Crippen molar-refractivity contribution < 1.29 is 14.3 Å². The molecule has 0 radical (unpaired) electrons. The van der Waals surface area contributed by atoms with E-state index < -0.39 is 0 Å². The summed E-state index contributed by atoms with van der Waals surface area (Å²) in [6.07, 6.45) is 2.78. The van der Waals surface area contributed by atoms with Crippen LogP contribution in [-0.4, -0.2) is 35.5 Å². The number of carbonyl (C=O) groups is 2. The third-order valence-electron chi connectivity index (χ3n) is 3.57. The van der Waals surface area contributed by atoms with E-state index in [9.17, 15) is 9.59 Å². The molecule has 0 saturated carbocycles. The second-order valence-electron chi connectivity index (χ2n) is 5.16. The molecular formula is C15H17N5O3. The van der Waals surface area contributed by atoms with Crippen molar-refractivity contribution in [3.8, 4) is 0 Å². The Labute approximate surface area is 132 Å². The van der Waals surface area contributed by atoms with E-state index in [1.807, 2.05) is 31.2 Å². The summed E-state index contributed by atoms with van der Waals surface area (Å²) in [4.78, 5) is 25.0. The van der Waals surface area contributed by atoms with Crippen LogP contribution in [0.25, 0.3) is 0 Å². The van der Waals surface area contributed by atoms with E-state index in [-0.39, 0.29) is 18.2 Å². The number of nitrogens with zero attached hydrogens (tertiary/aromatic N) is 2. The number of aromatic amines is 1. The summed E-state index contributed by atoms with van der Waals surface area (Å²) in [6.45, 7) is 2.85. The standard InChI is InChI=1S/C15H17N5O3/c1-10(18-14(21)19-12-8-16-17-9-12)11-2-4-13(5-3-11)20-6-7-23-15(20)22/h2-5,8-10H,6-7H2,1H3,(H,16,17)(H2,18,19,21). The van der Waals surface area contributed by atoms with Gasteiger partial charge in [0.25, 0.3) is 0 Å². The fourth-order valence-corrected chi connectivity index (χ4v) is 2.34. The van der Waals surface area contributed by atoms with Crippen LogP contribution < -0.4 is 15.5 Å². The fourth-order valence-electron chi connectivity index (χ4n) is 2.34. The summed E-state index contributed by atoms with van der Waals surface area (Å²) in [5, 5.41) is 11.9. The maximum Gasteiger partial charge on any atom is 0.414 e. The van der Waals surface area contributed by atoms with Gasteiger partial charge < -0.3 is 15.4 Å². The van der Waals surface area contributed by atoms with E-state index in [2.05, 4.69) is 20.8 Å². The molecule has 1 aliphatic heterocycles. The molecule has 2 aromatic rings. The van der Waals surface area contributed by atoms with Crippen LogP contribution in [0.4, 0.5) is 21.0 Å². The van der Waals surface area contributed by atoms with Gasteiger partial charge in [0, 0.05) is 11.9 Å². The number of amides is 3. The minimum atomic E-state index is -0.330. The van der Waals surface area contributed by atoms with Crippen molar-refractivity contribution in [1.29, 1.82) is 0 Å². The van der Waals surface area contributed by atoms with Crippen LogP contribution in [-0.2, 0) is 4.74 Å². The number of H-pyrrole nitrogens is 1. The molecule has 8 heteroatoms. The van der Waals surface area contributed by atoms with E-state index in [1.165, 1.54) is 6.20 Å². The van der Waals surface area contributed by atoms with Crippen LogP contribution in [0, 0.1) is 0 Å². The number of hydrogen-bond donors (Lipinski definition) is 3. The Kier molecular flexibility index (Phi) is 4.13. The topological polar surface area (TPSA) is 99.3 Å². The zero-order valence-corrected chi connectivity index (χ0v) is 12.6. The van der Waals surface area contributed by atoms with Gasteiger partial charge in [0.2, 0.25) is 0 Å². The number of urea groups is 1. The number of anilines is 2. The Balaban J connectivity index is 1.60. The highest BCUT2D eigenvalue weighted by Crippen LogP contribution is 2.21. The third-order valence-corrected chi connectivity index (χ3v) is 3.57. The molecule has 1 aromatic carbocycles. The lowest BCUT2D eigenvalue weighted by Crippen LogP contribution is -2.31. The summed E-state index contributed by atoms with van der Waals surface area (Å²) >= 11 is 0. The van der Waals surface area contributed by atoms with E-state index in [4.69, 9.17) is 4.74 Å². The molecule has 3 N–H and O–H groups in total. The maximum absolute atomic E-state index is 11.9. The van der Waals surface area contributed by atoms with Crippen molar-refractivity contribution in [2.45, 2.75) is 13.0 Å². The Morgan fingerprint density at radius 3 is 2.78 bits per heavy atom. The van der Waals surface area contributed by atoms with Gasteiger partial charge in [0.05, 0.1) is 24.5 Å². The molecule has 0 bridgehead atoms. The van der Waals surface area contributed by atoms with Crippen molar-refractivity contribution in [3.05, 3.63) is 42.2 Å². The predicted molar refractivity (Wildman–Crippen MR) is 84.3 cm³/mol. The van der Waals surface area contributed by atoms with Gasteiger partial charge in [0.1, 0.15) is 6.61 Å². The van der Waals surface area contributed by atoms with Gasteiger partial charge in [-0.3, -0.25) is 10.00 Å². The molecule has 1 atom stereocenters. The SMILES string of the molecule is CC(NC(=O)Nc1cn[nH]c1)c1ccc(N2CCOC2=O)cc1. The molecule has 0 aliphatic carbocycles. The molecule has 0 spiro atoms.